The molecule has 0 amide bonds. The topological polar surface area (TPSA) is 65.9 Å². The fourth-order valence-electron chi connectivity index (χ4n) is 1.70. The largest absolute Gasteiger partial charge is 0.396 e. The quantitative estimate of drug-likeness (QED) is 0.867. The first-order chi connectivity index (χ1) is 8.13. The van der Waals surface area contributed by atoms with Crippen molar-refractivity contribution >= 4 is 23.3 Å². The minimum atomic E-state index is 0.410. The predicted molar refractivity (Wildman–Crippen MR) is 74.2 cm³/mol. The van der Waals surface area contributed by atoms with Crippen LogP contribution in [0.4, 0.5) is 11.5 Å². The molecule has 1 atom stereocenters. The standard InChI is InChI=1S/C12H18N4S/c1-4-10(8-17-3)16(2)12-11(14)5-9(6-13)7-15-12/h5,7,10H,4,8,14H2,1-3H3. The molecule has 17 heavy (non-hydrogen) atoms. The number of hydrogen-bond acceptors (Lipinski definition) is 5. The lowest BCUT2D eigenvalue weighted by Crippen LogP contribution is -2.34. The minimum absolute atomic E-state index is 0.410. The third-order valence-electron chi connectivity index (χ3n) is 2.74. The fourth-order valence-corrected chi connectivity index (χ4v) is 2.54. The Balaban J connectivity index is 2.95. The van der Waals surface area contributed by atoms with Gasteiger partial charge in [0, 0.05) is 25.0 Å². The number of rotatable bonds is 5. The molecular formula is C12H18N4S. The summed E-state index contributed by atoms with van der Waals surface area (Å²) in [5.41, 5.74) is 6.98. The van der Waals surface area contributed by atoms with Crippen LogP contribution >= 0.6 is 11.8 Å². The van der Waals surface area contributed by atoms with Crippen molar-refractivity contribution < 1.29 is 0 Å². The average molecular weight is 250 g/mol. The van der Waals surface area contributed by atoms with Crippen molar-refractivity contribution in [3.05, 3.63) is 17.8 Å². The molecule has 4 nitrogen and oxygen atoms in total. The van der Waals surface area contributed by atoms with Crippen molar-refractivity contribution in [3.8, 4) is 6.07 Å². The number of thioether (sulfide) groups is 1. The van der Waals surface area contributed by atoms with Gasteiger partial charge in [-0.3, -0.25) is 0 Å². The van der Waals surface area contributed by atoms with Crippen molar-refractivity contribution in [3.63, 3.8) is 0 Å². The summed E-state index contributed by atoms with van der Waals surface area (Å²) < 4.78 is 0. The van der Waals surface area contributed by atoms with E-state index < -0.39 is 0 Å². The van der Waals surface area contributed by atoms with Crippen molar-refractivity contribution in [1.29, 1.82) is 5.26 Å². The number of nitrogen functional groups attached to an aromatic ring is 1. The molecule has 1 unspecified atom stereocenters. The highest BCUT2D eigenvalue weighted by atomic mass is 32.2. The monoisotopic (exact) mass is 250 g/mol. The van der Waals surface area contributed by atoms with E-state index >= 15 is 0 Å². The highest BCUT2D eigenvalue weighted by molar-refractivity contribution is 7.98. The van der Waals surface area contributed by atoms with Gasteiger partial charge < -0.3 is 10.6 Å². The lowest BCUT2D eigenvalue weighted by atomic mass is 10.2. The van der Waals surface area contributed by atoms with Gasteiger partial charge in [-0.05, 0) is 18.7 Å². The summed E-state index contributed by atoms with van der Waals surface area (Å²) in [6.07, 6.45) is 4.69. The molecule has 0 aliphatic rings. The molecule has 0 aliphatic heterocycles. The molecule has 1 rings (SSSR count). The summed E-state index contributed by atoms with van der Waals surface area (Å²) in [4.78, 5) is 6.36. The lowest BCUT2D eigenvalue weighted by molar-refractivity contribution is 0.667. The van der Waals surface area contributed by atoms with E-state index in [1.807, 2.05) is 24.9 Å². The SMILES string of the molecule is CCC(CSC)N(C)c1ncc(C#N)cc1N. The van der Waals surface area contributed by atoms with Gasteiger partial charge in [-0.25, -0.2) is 4.98 Å². The Morgan fingerprint density at radius 1 is 1.65 bits per heavy atom. The summed E-state index contributed by atoms with van der Waals surface area (Å²) in [5.74, 6) is 1.79. The molecule has 0 spiro atoms. The summed E-state index contributed by atoms with van der Waals surface area (Å²) >= 11 is 1.81. The number of aromatic nitrogens is 1. The molecule has 92 valence electrons. The maximum Gasteiger partial charge on any atom is 0.151 e. The molecule has 1 aromatic rings. The van der Waals surface area contributed by atoms with Crippen molar-refractivity contribution in [1.82, 2.24) is 4.98 Å². The first kappa shape index (κ1) is 13.7. The smallest absolute Gasteiger partial charge is 0.151 e. The molecule has 0 saturated heterocycles. The van der Waals surface area contributed by atoms with Gasteiger partial charge >= 0.3 is 0 Å². The maximum absolute atomic E-state index is 8.77. The van der Waals surface area contributed by atoms with Crippen LogP contribution in [0, 0.1) is 11.3 Å². The second kappa shape index (κ2) is 6.36. The van der Waals surface area contributed by atoms with Gasteiger partial charge in [0.1, 0.15) is 6.07 Å². The predicted octanol–water partition coefficient (Wildman–Crippen LogP) is 2.11. The number of anilines is 2. The van der Waals surface area contributed by atoms with Gasteiger partial charge in [0.2, 0.25) is 0 Å². The van der Waals surface area contributed by atoms with Crippen LogP contribution in [0.2, 0.25) is 0 Å². The van der Waals surface area contributed by atoms with Crippen LogP contribution in [0.1, 0.15) is 18.9 Å². The molecule has 0 aromatic carbocycles. The third-order valence-corrected chi connectivity index (χ3v) is 3.45. The van der Waals surface area contributed by atoms with E-state index in [0.29, 0.717) is 17.3 Å². The zero-order valence-electron chi connectivity index (χ0n) is 10.5. The van der Waals surface area contributed by atoms with Crippen LogP contribution < -0.4 is 10.6 Å². The normalized spacial score (nSPS) is 11.9. The zero-order valence-corrected chi connectivity index (χ0v) is 11.3. The Morgan fingerprint density at radius 3 is 2.82 bits per heavy atom. The van der Waals surface area contributed by atoms with Crippen LogP contribution in [-0.2, 0) is 0 Å². The number of nitriles is 1. The van der Waals surface area contributed by atoms with Crippen LogP contribution in [-0.4, -0.2) is 30.1 Å². The van der Waals surface area contributed by atoms with Crippen LogP contribution in [0.5, 0.6) is 0 Å². The second-order valence-corrected chi connectivity index (χ2v) is 4.79. The molecule has 5 heteroatoms. The highest BCUT2D eigenvalue weighted by Gasteiger charge is 2.16. The zero-order chi connectivity index (χ0) is 12.8. The van der Waals surface area contributed by atoms with Gasteiger partial charge in [0.15, 0.2) is 5.82 Å². The molecule has 1 aromatic heterocycles. The Bertz CT molecular complexity index is 413. The summed E-state index contributed by atoms with van der Waals surface area (Å²) in [6.45, 7) is 2.15. The van der Waals surface area contributed by atoms with Crippen LogP contribution in [0.3, 0.4) is 0 Å². The maximum atomic E-state index is 8.77. The lowest BCUT2D eigenvalue weighted by Gasteiger charge is -2.28. The van der Waals surface area contributed by atoms with E-state index in [9.17, 15) is 0 Å². The summed E-state index contributed by atoms with van der Waals surface area (Å²) in [5, 5.41) is 8.77. The molecule has 0 fully saturated rings. The van der Waals surface area contributed by atoms with Gasteiger partial charge in [-0.1, -0.05) is 6.92 Å². The Morgan fingerprint density at radius 2 is 2.35 bits per heavy atom. The second-order valence-electron chi connectivity index (χ2n) is 3.88. The molecular weight excluding hydrogens is 232 g/mol. The van der Waals surface area contributed by atoms with Crippen LogP contribution in [0.25, 0.3) is 0 Å². The van der Waals surface area contributed by atoms with Gasteiger partial charge in [0.05, 0.1) is 11.3 Å². The van der Waals surface area contributed by atoms with E-state index in [1.165, 1.54) is 0 Å². The Hall–Kier alpha value is -1.41. The van der Waals surface area contributed by atoms with Crippen molar-refractivity contribution in [2.24, 2.45) is 0 Å². The Labute approximate surface area is 107 Å². The average Bonchev–Trinajstić information content (AvgIpc) is 2.35. The third kappa shape index (κ3) is 3.27. The first-order valence-corrected chi connectivity index (χ1v) is 6.90. The molecule has 0 bridgehead atoms. The van der Waals surface area contributed by atoms with Crippen molar-refractivity contribution in [2.45, 2.75) is 19.4 Å². The van der Waals surface area contributed by atoms with Gasteiger partial charge in [-0.15, -0.1) is 0 Å². The molecule has 0 radical (unpaired) electrons. The summed E-state index contributed by atoms with van der Waals surface area (Å²) in [6, 6.07) is 4.12. The highest BCUT2D eigenvalue weighted by Crippen LogP contribution is 2.23. The summed E-state index contributed by atoms with van der Waals surface area (Å²) in [7, 11) is 2.00. The van der Waals surface area contributed by atoms with E-state index in [0.717, 1.165) is 18.0 Å². The Kier molecular flexibility index (Phi) is 5.11. The fraction of sp³-hybridized carbons (Fsp3) is 0.500. The van der Waals surface area contributed by atoms with Gasteiger partial charge in [-0.2, -0.15) is 17.0 Å². The van der Waals surface area contributed by atoms with E-state index in [-0.39, 0.29) is 0 Å². The first-order valence-electron chi connectivity index (χ1n) is 5.51. The van der Waals surface area contributed by atoms with Crippen LogP contribution in [0.15, 0.2) is 12.3 Å². The molecule has 2 N–H and O–H groups in total. The van der Waals surface area contributed by atoms with Gasteiger partial charge in [0.25, 0.3) is 0 Å². The molecule has 0 aliphatic carbocycles. The minimum Gasteiger partial charge on any atom is -0.396 e. The molecule has 0 saturated carbocycles. The van der Waals surface area contributed by atoms with E-state index in [1.54, 1.807) is 12.3 Å². The van der Waals surface area contributed by atoms with Crippen molar-refractivity contribution in [2.75, 3.05) is 29.7 Å². The number of pyridine rings is 1. The number of hydrogen-bond donors (Lipinski definition) is 1. The van der Waals surface area contributed by atoms with E-state index in [2.05, 4.69) is 23.1 Å². The van der Waals surface area contributed by atoms with E-state index in [4.69, 9.17) is 11.0 Å². The molecule has 1 heterocycles. The number of nitrogens with zero attached hydrogens (tertiary/aromatic N) is 3. The number of nitrogens with two attached hydrogens (primary N) is 1.